The van der Waals surface area contributed by atoms with Crippen LogP contribution in [0.1, 0.15) is 94.7 Å². The monoisotopic (exact) mass is 672 g/mol. The van der Waals surface area contributed by atoms with Crippen LogP contribution in [-0.4, -0.2) is 79.2 Å². The van der Waals surface area contributed by atoms with Crippen LogP contribution in [0, 0.1) is 5.92 Å². The number of rotatable bonds is 7. The fraction of sp³-hybridized carbons (Fsp3) is 0.579. The highest BCUT2D eigenvalue weighted by molar-refractivity contribution is 7.90. The van der Waals surface area contributed by atoms with Crippen LogP contribution in [0.15, 0.2) is 52.6 Å². The number of likely N-dealkylation sites (tertiary alicyclic amines) is 1. The van der Waals surface area contributed by atoms with Crippen LogP contribution in [0.4, 0.5) is 0 Å². The number of likely N-dealkylation sites (N-methyl/N-ethyl adjacent to an activating group) is 1. The molecule has 3 aliphatic heterocycles. The van der Waals surface area contributed by atoms with Gasteiger partial charge in [-0.25, -0.2) is 13.1 Å². The summed E-state index contributed by atoms with van der Waals surface area (Å²) in [5.41, 5.74) is 6.66. The maximum Gasteiger partial charge on any atom is 0.265 e. The number of carbonyl (C=O) groups is 2. The van der Waals surface area contributed by atoms with Gasteiger partial charge in [0.1, 0.15) is 5.75 Å². The maximum atomic E-state index is 14.8. The van der Waals surface area contributed by atoms with Gasteiger partial charge in [0.2, 0.25) is 15.9 Å². The minimum atomic E-state index is -3.82. The highest BCUT2D eigenvalue weighted by Gasteiger charge is 2.50. The lowest BCUT2D eigenvalue weighted by molar-refractivity contribution is -0.141. The average Bonchev–Trinajstić information content (AvgIpc) is 3.62. The molecule has 4 heterocycles. The van der Waals surface area contributed by atoms with E-state index < -0.39 is 21.2 Å². The molecule has 0 spiro atoms. The number of methoxy groups -OCH3 is 1. The van der Waals surface area contributed by atoms with E-state index in [0.717, 1.165) is 77.8 Å². The van der Waals surface area contributed by atoms with Gasteiger partial charge in [0.15, 0.2) is 0 Å². The van der Waals surface area contributed by atoms with Gasteiger partial charge in [-0.2, -0.15) is 0 Å². The van der Waals surface area contributed by atoms with Gasteiger partial charge in [0.25, 0.3) is 5.91 Å². The molecule has 3 aliphatic carbocycles. The highest BCUT2D eigenvalue weighted by atomic mass is 32.2. The van der Waals surface area contributed by atoms with Crippen molar-refractivity contribution >= 4 is 32.7 Å². The van der Waals surface area contributed by atoms with Gasteiger partial charge in [0, 0.05) is 48.7 Å². The Hall–Kier alpha value is -3.37. The molecule has 0 radical (unpaired) electrons. The van der Waals surface area contributed by atoms with Crippen molar-refractivity contribution in [2.24, 2.45) is 5.92 Å². The molecule has 8 rings (SSSR count). The van der Waals surface area contributed by atoms with Gasteiger partial charge < -0.3 is 19.1 Å². The number of sulfonamides is 1. The Bertz CT molecular complexity index is 1880. The number of piperazine rings is 1. The van der Waals surface area contributed by atoms with Gasteiger partial charge in [-0.05, 0) is 92.8 Å². The van der Waals surface area contributed by atoms with Crippen molar-refractivity contribution in [1.82, 2.24) is 19.1 Å². The SMILES string of the molecule is CCC(C)S(=O)(=O)NC(=O)C1=C2Cn3c(cc4c(OC)ccc(C5CCCCC5)c43)[C@@H]3C(=C21)C=CC[C@H]3C(=O)N1C2CCC1CN(C)C2. The van der Waals surface area contributed by atoms with E-state index in [-0.39, 0.29) is 29.8 Å². The van der Waals surface area contributed by atoms with Crippen LogP contribution >= 0.6 is 0 Å². The Morgan fingerprint density at radius 1 is 1.06 bits per heavy atom. The average molecular weight is 673 g/mol. The van der Waals surface area contributed by atoms with Crippen molar-refractivity contribution < 1.29 is 22.7 Å². The number of amides is 2. The van der Waals surface area contributed by atoms with E-state index >= 15 is 0 Å². The first kappa shape index (κ1) is 31.9. The number of ether oxygens (including phenoxy) is 1. The van der Waals surface area contributed by atoms with Crippen molar-refractivity contribution in [2.45, 2.75) is 107 Å². The zero-order chi connectivity index (χ0) is 33.5. The smallest absolute Gasteiger partial charge is 0.265 e. The van der Waals surface area contributed by atoms with Crippen LogP contribution in [0.2, 0.25) is 0 Å². The molecule has 1 saturated carbocycles. The molecule has 2 saturated heterocycles. The number of hydrogen-bond acceptors (Lipinski definition) is 6. The molecule has 3 fully saturated rings. The van der Waals surface area contributed by atoms with Crippen LogP contribution in [0.5, 0.6) is 5.75 Å². The molecule has 256 valence electrons. The molecule has 48 heavy (non-hydrogen) atoms. The van der Waals surface area contributed by atoms with Crippen molar-refractivity contribution in [2.75, 3.05) is 27.2 Å². The van der Waals surface area contributed by atoms with Crippen LogP contribution in [-0.2, 0) is 26.2 Å². The molecule has 1 N–H and O–H groups in total. The summed E-state index contributed by atoms with van der Waals surface area (Å²) in [6, 6.07) is 7.01. The fourth-order valence-electron chi connectivity index (χ4n) is 9.67. The first-order valence-electron chi connectivity index (χ1n) is 18.0. The Morgan fingerprint density at radius 3 is 2.48 bits per heavy atom. The molecule has 1 aromatic heterocycles. The van der Waals surface area contributed by atoms with E-state index in [1.54, 1.807) is 21.0 Å². The number of nitrogens with zero attached hydrogens (tertiary/aromatic N) is 3. The van der Waals surface area contributed by atoms with E-state index in [1.807, 2.05) is 0 Å². The summed E-state index contributed by atoms with van der Waals surface area (Å²) >= 11 is 0. The first-order chi connectivity index (χ1) is 23.1. The molecule has 3 unspecified atom stereocenters. The first-order valence-corrected chi connectivity index (χ1v) is 19.6. The van der Waals surface area contributed by atoms with Crippen LogP contribution in [0.25, 0.3) is 10.9 Å². The van der Waals surface area contributed by atoms with Crippen molar-refractivity contribution in [3.63, 3.8) is 0 Å². The second-order valence-corrected chi connectivity index (χ2v) is 17.2. The number of allylic oxidation sites excluding steroid dienone is 4. The second-order valence-electron chi connectivity index (χ2n) is 15.1. The second kappa shape index (κ2) is 11.9. The van der Waals surface area contributed by atoms with E-state index in [9.17, 15) is 18.0 Å². The van der Waals surface area contributed by atoms with Gasteiger partial charge in [-0.15, -0.1) is 0 Å². The van der Waals surface area contributed by atoms with Crippen molar-refractivity contribution in [1.29, 1.82) is 0 Å². The normalized spacial score (nSPS) is 27.8. The van der Waals surface area contributed by atoms with E-state index in [4.69, 9.17) is 4.74 Å². The van der Waals surface area contributed by atoms with Crippen LogP contribution < -0.4 is 9.46 Å². The zero-order valence-electron chi connectivity index (χ0n) is 28.6. The summed E-state index contributed by atoms with van der Waals surface area (Å²) in [6.07, 6.45) is 13.2. The number of hydrogen-bond donors (Lipinski definition) is 1. The summed E-state index contributed by atoms with van der Waals surface area (Å²) in [7, 11) is 0.0378. The third kappa shape index (κ3) is 4.99. The Morgan fingerprint density at radius 2 is 1.79 bits per heavy atom. The predicted molar refractivity (Wildman–Crippen MR) is 186 cm³/mol. The molecule has 6 aliphatic rings. The molecule has 2 amide bonds. The number of nitrogens with one attached hydrogen (secondary N) is 1. The van der Waals surface area contributed by atoms with Crippen molar-refractivity contribution in [3.8, 4) is 5.75 Å². The molecule has 10 heteroatoms. The predicted octanol–water partition coefficient (Wildman–Crippen LogP) is 5.53. The molecule has 5 atom stereocenters. The summed E-state index contributed by atoms with van der Waals surface area (Å²) < 4.78 is 36.8. The Kier molecular flexibility index (Phi) is 7.90. The number of benzene rings is 1. The van der Waals surface area contributed by atoms with Gasteiger partial charge in [-0.1, -0.05) is 44.4 Å². The zero-order valence-corrected chi connectivity index (χ0v) is 29.4. The molecule has 1 aromatic carbocycles. The summed E-state index contributed by atoms with van der Waals surface area (Å²) in [5.74, 6) is 0.308. The Labute approximate surface area is 284 Å². The quantitative estimate of drug-likeness (QED) is 0.416. The standard InChI is InChI=1S/C38H48N4O5S/c1-5-22(2)48(45,46)39-37(43)35-30-21-41-31(18-29-32(47-4)17-16-26(36(29)41)23-10-7-6-8-11-23)33-27(34(30)35)12-9-13-28(33)38(44)42-24-14-15-25(42)20-40(3)19-24/h9,12,16-18,22-25,28,33H,5-8,10-11,13-15,19-21H2,1-4H3,(H,39,43)/t22?,24?,25?,28-,33-/m1/s1. The number of aromatic nitrogens is 1. The van der Waals surface area contributed by atoms with E-state index in [0.29, 0.717) is 30.9 Å². The highest BCUT2D eigenvalue weighted by Crippen LogP contribution is 2.55. The lowest BCUT2D eigenvalue weighted by Gasteiger charge is -2.43. The lowest BCUT2D eigenvalue weighted by atomic mass is 9.75. The largest absolute Gasteiger partial charge is 0.496 e. The maximum absolute atomic E-state index is 14.8. The number of fused-ring (bicyclic) bond motifs is 8. The minimum absolute atomic E-state index is 0.203. The lowest BCUT2D eigenvalue weighted by Crippen LogP contribution is -2.56. The topological polar surface area (TPSA) is 101 Å². The molecular formula is C38H48N4O5S. The molecule has 2 bridgehead atoms. The third-order valence-electron chi connectivity index (χ3n) is 12.3. The van der Waals surface area contributed by atoms with Gasteiger partial charge in [0.05, 0.1) is 29.4 Å². The molecule has 2 aromatic rings. The van der Waals surface area contributed by atoms with Crippen molar-refractivity contribution in [3.05, 3.63) is 63.9 Å². The van der Waals surface area contributed by atoms with Crippen LogP contribution in [0.3, 0.4) is 0 Å². The summed E-state index contributed by atoms with van der Waals surface area (Å²) in [5, 5.41) is 0.368. The van der Waals surface area contributed by atoms with E-state index in [2.05, 4.69) is 56.5 Å². The van der Waals surface area contributed by atoms with E-state index in [1.165, 1.54) is 24.8 Å². The molecule has 9 nitrogen and oxygen atoms in total. The molecular weight excluding hydrogens is 625 g/mol. The third-order valence-corrected chi connectivity index (χ3v) is 14.2. The summed E-state index contributed by atoms with van der Waals surface area (Å²) in [6.45, 7) is 5.68. The Balaban J connectivity index is 1.29. The fourth-order valence-corrected chi connectivity index (χ4v) is 10.7. The number of carbonyl (C=O) groups excluding carboxylic acids is 2. The van der Waals surface area contributed by atoms with Gasteiger partial charge in [-0.3, -0.25) is 9.59 Å². The van der Waals surface area contributed by atoms with Gasteiger partial charge >= 0.3 is 0 Å². The summed E-state index contributed by atoms with van der Waals surface area (Å²) in [4.78, 5) is 33.2. The minimum Gasteiger partial charge on any atom is -0.496 e.